The fraction of sp³-hybridized carbons (Fsp3) is 0.889. The first-order valence-electron chi connectivity index (χ1n) is 4.62. The normalized spacial score (nSPS) is 20.7. The van der Waals surface area contributed by atoms with Gasteiger partial charge < -0.3 is 5.32 Å². The van der Waals surface area contributed by atoms with E-state index >= 15 is 0 Å². The lowest BCUT2D eigenvalue weighted by atomic mass is 10.1. The van der Waals surface area contributed by atoms with Crippen molar-refractivity contribution in [2.45, 2.75) is 45.6 Å². The first kappa shape index (κ1) is 8.57. The van der Waals surface area contributed by atoms with Crippen molar-refractivity contribution in [3.63, 3.8) is 0 Å². The predicted octanol–water partition coefficient (Wildman–Crippen LogP) is 1.96. The average Bonchev–Trinajstić information content (AvgIpc) is 2.06. The number of hydrogen-bond acceptors (Lipinski definition) is 2. The molecule has 0 aromatic carbocycles. The van der Waals surface area contributed by atoms with Crippen molar-refractivity contribution in [2.24, 2.45) is 4.99 Å². The van der Waals surface area contributed by atoms with Crippen LogP contribution in [0.1, 0.15) is 39.5 Å². The molecule has 2 heteroatoms. The molecule has 1 heterocycles. The van der Waals surface area contributed by atoms with Crippen LogP contribution in [-0.4, -0.2) is 18.4 Å². The highest BCUT2D eigenvalue weighted by atomic mass is 15.0. The van der Waals surface area contributed by atoms with Crippen molar-refractivity contribution < 1.29 is 0 Å². The van der Waals surface area contributed by atoms with Crippen LogP contribution in [0.4, 0.5) is 0 Å². The Morgan fingerprint density at radius 2 is 2.36 bits per heavy atom. The molecular formula is C9H18N2. The topological polar surface area (TPSA) is 24.4 Å². The van der Waals surface area contributed by atoms with Crippen molar-refractivity contribution in [3.8, 4) is 0 Å². The van der Waals surface area contributed by atoms with Gasteiger partial charge in [0.25, 0.3) is 0 Å². The van der Waals surface area contributed by atoms with Gasteiger partial charge in [-0.15, -0.1) is 0 Å². The van der Waals surface area contributed by atoms with Gasteiger partial charge in [-0.25, -0.2) is 0 Å². The largest absolute Gasteiger partial charge is 0.371 e. The van der Waals surface area contributed by atoms with E-state index in [4.69, 9.17) is 0 Å². The molecule has 0 spiro atoms. The van der Waals surface area contributed by atoms with Crippen LogP contribution in [0.25, 0.3) is 0 Å². The zero-order chi connectivity index (χ0) is 8.10. The van der Waals surface area contributed by atoms with Crippen molar-refractivity contribution in [2.75, 3.05) is 6.54 Å². The summed E-state index contributed by atoms with van der Waals surface area (Å²) in [4.78, 5) is 4.42. The minimum absolute atomic E-state index is 0.590. The van der Waals surface area contributed by atoms with Crippen LogP contribution in [0, 0.1) is 0 Å². The van der Waals surface area contributed by atoms with Crippen LogP contribution in [0.2, 0.25) is 0 Å². The lowest BCUT2D eigenvalue weighted by molar-refractivity contribution is 0.613. The maximum atomic E-state index is 4.42. The SMILES string of the molecule is CC[C@H](C)NC1=NCCCC1. The second-order valence-electron chi connectivity index (χ2n) is 3.24. The lowest BCUT2D eigenvalue weighted by Crippen LogP contribution is -2.33. The van der Waals surface area contributed by atoms with Crippen LogP contribution in [0.3, 0.4) is 0 Å². The Hall–Kier alpha value is -0.530. The molecule has 1 aliphatic rings. The number of aliphatic imine (C=N–C) groups is 1. The van der Waals surface area contributed by atoms with E-state index in [1.807, 2.05) is 0 Å². The molecule has 0 fully saturated rings. The molecule has 1 aliphatic heterocycles. The molecule has 1 rings (SSSR count). The van der Waals surface area contributed by atoms with Crippen LogP contribution in [0.5, 0.6) is 0 Å². The van der Waals surface area contributed by atoms with Gasteiger partial charge in [0.2, 0.25) is 0 Å². The molecule has 1 N–H and O–H groups in total. The average molecular weight is 154 g/mol. The van der Waals surface area contributed by atoms with Crippen LogP contribution in [-0.2, 0) is 0 Å². The second-order valence-corrected chi connectivity index (χ2v) is 3.24. The summed E-state index contributed by atoms with van der Waals surface area (Å²) in [6.07, 6.45) is 4.91. The summed E-state index contributed by atoms with van der Waals surface area (Å²) in [5.41, 5.74) is 0. The van der Waals surface area contributed by atoms with E-state index in [0.717, 1.165) is 13.0 Å². The van der Waals surface area contributed by atoms with E-state index in [1.165, 1.54) is 25.1 Å². The van der Waals surface area contributed by atoms with E-state index in [0.29, 0.717) is 6.04 Å². The van der Waals surface area contributed by atoms with Crippen molar-refractivity contribution in [1.29, 1.82) is 0 Å². The molecule has 64 valence electrons. The standard InChI is InChI=1S/C9H18N2/c1-3-8(2)11-9-6-4-5-7-10-9/h8H,3-7H2,1-2H3,(H,10,11)/t8-/m0/s1. The predicted molar refractivity (Wildman–Crippen MR) is 49.0 cm³/mol. The molecule has 1 atom stereocenters. The molecule has 2 nitrogen and oxygen atoms in total. The molecular weight excluding hydrogens is 136 g/mol. The van der Waals surface area contributed by atoms with E-state index < -0.39 is 0 Å². The highest BCUT2D eigenvalue weighted by Gasteiger charge is 2.06. The van der Waals surface area contributed by atoms with Gasteiger partial charge in [0, 0.05) is 19.0 Å². The summed E-state index contributed by atoms with van der Waals surface area (Å²) in [7, 11) is 0. The third-order valence-corrected chi connectivity index (χ3v) is 2.15. The molecule has 0 aliphatic carbocycles. The summed E-state index contributed by atoms with van der Waals surface area (Å²) in [6.45, 7) is 5.43. The van der Waals surface area contributed by atoms with Crippen LogP contribution >= 0.6 is 0 Å². The zero-order valence-corrected chi connectivity index (χ0v) is 7.56. The first-order chi connectivity index (χ1) is 5.33. The highest BCUT2D eigenvalue weighted by Crippen LogP contribution is 2.04. The number of rotatable bonds is 2. The molecule has 0 unspecified atom stereocenters. The monoisotopic (exact) mass is 154 g/mol. The molecule has 0 radical (unpaired) electrons. The quantitative estimate of drug-likeness (QED) is 0.646. The number of nitrogens with one attached hydrogen (secondary N) is 1. The van der Waals surface area contributed by atoms with Gasteiger partial charge >= 0.3 is 0 Å². The minimum atomic E-state index is 0.590. The smallest absolute Gasteiger partial charge is 0.0965 e. The Morgan fingerprint density at radius 3 is 2.91 bits per heavy atom. The maximum absolute atomic E-state index is 4.42. The Morgan fingerprint density at radius 1 is 1.55 bits per heavy atom. The van der Waals surface area contributed by atoms with Crippen molar-refractivity contribution in [1.82, 2.24) is 5.32 Å². The Bertz CT molecular complexity index is 140. The van der Waals surface area contributed by atoms with Crippen molar-refractivity contribution >= 4 is 5.84 Å². The van der Waals surface area contributed by atoms with E-state index in [1.54, 1.807) is 0 Å². The van der Waals surface area contributed by atoms with Gasteiger partial charge in [-0.3, -0.25) is 4.99 Å². The Kier molecular flexibility index (Phi) is 3.40. The Balaban J connectivity index is 2.29. The molecule has 0 aromatic rings. The molecule has 0 saturated carbocycles. The van der Waals surface area contributed by atoms with E-state index in [9.17, 15) is 0 Å². The van der Waals surface area contributed by atoms with Gasteiger partial charge in [0.1, 0.15) is 0 Å². The summed E-state index contributed by atoms with van der Waals surface area (Å²) < 4.78 is 0. The van der Waals surface area contributed by atoms with Gasteiger partial charge in [-0.2, -0.15) is 0 Å². The van der Waals surface area contributed by atoms with E-state index in [-0.39, 0.29) is 0 Å². The molecule has 0 amide bonds. The van der Waals surface area contributed by atoms with Crippen LogP contribution < -0.4 is 5.32 Å². The fourth-order valence-electron chi connectivity index (χ4n) is 1.20. The van der Waals surface area contributed by atoms with E-state index in [2.05, 4.69) is 24.2 Å². The van der Waals surface area contributed by atoms with Gasteiger partial charge in [0.15, 0.2) is 0 Å². The molecule has 11 heavy (non-hydrogen) atoms. The Labute approximate surface area is 69.1 Å². The lowest BCUT2D eigenvalue weighted by Gasteiger charge is -2.17. The molecule has 0 saturated heterocycles. The fourth-order valence-corrected chi connectivity index (χ4v) is 1.20. The third kappa shape index (κ3) is 2.91. The third-order valence-electron chi connectivity index (χ3n) is 2.15. The number of amidine groups is 1. The molecule has 0 aromatic heterocycles. The number of nitrogens with zero attached hydrogens (tertiary/aromatic N) is 1. The summed E-state index contributed by atoms with van der Waals surface area (Å²) in [6, 6.07) is 0.590. The van der Waals surface area contributed by atoms with Crippen LogP contribution in [0.15, 0.2) is 4.99 Å². The summed E-state index contributed by atoms with van der Waals surface area (Å²) >= 11 is 0. The first-order valence-corrected chi connectivity index (χ1v) is 4.62. The maximum Gasteiger partial charge on any atom is 0.0965 e. The number of hydrogen-bond donors (Lipinski definition) is 1. The van der Waals surface area contributed by atoms with Crippen molar-refractivity contribution in [3.05, 3.63) is 0 Å². The van der Waals surface area contributed by atoms with Gasteiger partial charge in [-0.1, -0.05) is 6.92 Å². The second kappa shape index (κ2) is 4.37. The summed E-state index contributed by atoms with van der Waals surface area (Å²) in [5.74, 6) is 1.23. The highest BCUT2D eigenvalue weighted by molar-refractivity contribution is 5.82. The van der Waals surface area contributed by atoms with Gasteiger partial charge in [-0.05, 0) is 26.2 Å². The summed E-state index contributed by atoms with van der Waals surface area (Å²) in [5, 5.41) is 3.42. The van der Waals surface area contributed by atoms with Gasteiger partial charge in [0.05, 0.1) is 5.84 Å². The minimum Gasteiger partial charge on any atom is -0.371 e. The zero-order valence-electron chi connectivity index (χ0n) is 7.56. The molecule has 0 bridgehead atoms.